The zero-order valence-electron chi connectivity index (χ0n) is 17.7. The molecule has 3 unspecified atom stereocenters. The molecule has 0 saturated carbocycles. The first-order valence-electron chi connectivity index (χ1n) is 10.3. The number of carboxylic acids is 1. The van der Waals surface area contributed by atoms with Crippen LogP contribution in [0.4, 0.5) is 0 Å². The Morgan fingerprint density at radius 1 is 1.28 bits per heavy atom. The summed E-state index contributed by atoms with van der Waals surface area (Å²) in [5, 5.41) is 20.7. The molecular formula is C23H30O6. The molecule has 0 fully saturated rings. The van der Waals surface area contributed by atoms with E-state index in [0.717, 1.165) is 12.8 Å². The van der Waals surface area contributed by atoms with Gasteiger partial charge >= 0.3 is 5.97 Å². The second kappa shape index (κ2) is 7.73. The van der Waals surface area contributed by atoms with Crippen molar-refractivity contribution in [3.63, 3.8) is 0 Å². The van der Waals surface area contributed by atoms with Crippen LogP contribution in [0, 0.1) is 5.92 Å². The van der Waals surface area contributed by atoms with Crippen LogP contribution in [0.2, 0.25) is 0 Å². The molecule has 0 aliphatic carbocycles. The number of ether oxygens (including phenoxy) is 2. The molecule has 6 heteroatoms. The van der Waals surface area contributed by atoms with E-state index in [2.05, 4.69) is 0 Å². The lowest BCUT2D eigenvalue weighted by atomic mass is 9.81. The van der Waals surface area contributed by atoms with Gasteiger partial charge in [0.2, 0.25) is 0 Å². The predicted molar refractivity (Wildman–Crippen MR) is 110 cm³/mol. The average molecular weight is 402 g/mol. The number of carboxylic acid groups (broad SMARTS) is 1. The fourth-order valence-electron chi connectivity index (χ4n) is 4.04. The van der Waals surface area contributed by atoms with Gasteiger partial charge in [0.15, 0.2) is 5.78 Å². The maximum Gasteiger partial charge on any atom is 0.303 e. The Morgan fingerprint density at radius 2 is 1.97 bits per heavy atom. The molecular weight excluding hydrogens is 372 g/mol. The van der Waals surface area contributed by atoms with Gasteiger partial charge in [-0.1, -0.05) is 26.7 Å². The minimum atomic E-state index is -0.952. The van der Waals surface area contributed by atoms with Gasteiger partial charge in [0.05, 0.1) is 17.9 Å². The summed E-state index contributed by atoms with van der Waals surface area (Å²) in [6.07, 6.45) is 5.54. The molecule has 2 N–H and O–H groups in total. The van der Waals surface area contributed by atoms with E-state index in [9.17, 15) is 19.8 Å². The van der Waals surface area contributed by atoms with E-state index in [1.54, 1.807) is 6.92 Å². The fraction of sp³-hybridized carbons (Fsp3) is 0.565. The summed E-state index contributed by atoms with van der Waals surface area (Å²) in [5.74, 6) is -1.46. The van der Waals surface area contributed by atoms with Gasteiger partial charge in [0.1, 0.15) is 34.5 Å². The van der Waals surface area contributed by atoms with E-state index in [-0.39, 0.29) is 29.6 Å². The molecule has 6 nitrogen and oxygen atoms in total. The summed E-state index contributed by atoms with van der Waals surface area (Å²) in [6, 6.07) is 0. The van der Waals surface area contributed by atoms with Gasteiger partial charge in [-0.05, 0) is 39.3 Å². The van der Waals surface area contributed by atoms with Gasteiger partial charge in [0.25, 0.3) is 0 Å². The molecule has 0 amide bonds. The molecule has 0 spiro atoms. The lowest BCUT2D eigenvalue weighted by molar-refractivity contribution is -0.137. The molecule has 2 heterocycles. The lowest BCUT2D eigenvalue weighted by Gasteiger charge is -2.36. The summed E-state index contributed by atoms with van der Waals surface area (Å²) < 4.78 is 12.2. The van der Waals surface area contributed by atoms with Crippen LogP contribution in [0.1, 0.15) is 87.7 Å². The highest BCUT2D eigenvalue weighted by Crippen LogP contribution is 2.53. The average Bonchev–Trinajstić information content (AvgIpc) is 2.62. The number of fused-ring (bicyclic) bond motifs is 3. The van der Waals surface area contributed by atoms with Crippen LogP contribution < -0.4 is 9.47 Å². The summed E-state index contributed by atoms with van der Waals surface area (Å²) in [5.41, 5.74) is 0.527. The SMILES string of the molecule is CCCCC(CC(=O)O)c1c(O)c2c(c3c1OC(C)(C)C=C3)OC(C)C(C)C2=O. The minimum absolute atomic E-state index is 0.143. The van der Waals surface area contributed by atoms with Gasteiger partial charge in [-0.3, -0.25) is 9.59 Å². The number of carbonyl (C=O) groups is 2. The van der Waals surface area contributed by atoms with E-state index < -0.39 is 23.4 Å². The number of phenols is 1. The molecule has 0 radical (unpaired) electrons. The Labute approximate surface area is 171 Å². The number of carbonyl (C=O) groups excluding carboxylic acids is 1. The zero-order valence-corrected chi connectivity index (χ0v) is 17.7. The van der Waals surface area contributed by atoms with Crippen molar-refractivity contribution in [1.29, 1.82) is 0 Å². The van der Waals surface area contributed by atoms with Crippen molar-refractivity contribution >= 4 is 17.8 Å². The molecule has 0 aromatic heterocycles. The number of hydrogen-bond acceptors (Lipinski definition) is 5. The predicted octanol–water partition coefficient (Wildman–Crippen LogP) is 4.92. The first kappa shape index (κ1) is 21.2. The number of phenolic OH excluding ortho intramolecular Hbond substituents is 1. The van der Waals surface area contributed by atoms with E-state index in [4.69, 9.17) is 9.47 Å². The number of unbranched alkanes of at least 4 members (excludes halogenated alkanes) is 1. The summed E-state index contributed by atoms with van der Waals surface area (Å²) >= 11 is 0. The fourth-order valence-corrected chi connectivity index (χ4v) is 4.04. The van der Waals surface area contributed by atoms with E-state index in [0.29, 0.717) is 29.0 Å². The van der Waals surface area contributed by atoms with Crippen molar-refractivity contribution in [3.05, 3.63) is 22.8 Å². The first-order chi connectivity index (χ1) is 13.6. The Kier molecular flexibility index (Phi) is 5.65. The van der Waals surface area contributed by atoms with E-state index in [1.807, 2.05) is 39.8 Å². The Hall–Kier alpha value is -2.50. The number of hydrogen-bond donors (Lipinski definition) is 2. The second-order valence-electron chi connectivity index (χ2n) is 8.66. The molecule has 1 aromatic carbocycles. The maximum absolute atomic E-state index is 13.1. The Balaban J connectivity index is 2.29. The minimum Gasteiger partial charge on any atom is -0.507 e. The van der Waals surface area contributed by atoms with Crippen molar-refractivity contribution in [2.45, 2.75) is 77.9 Å². The van der Waals surface area contributed by atoms with Gasteiger partial charge in [0, 0.05) is 11.5 Å². The number of ketones is 1. The van der Waals surface area contributed by atoms with Gasteiger partial charge < -0.3 is 19.7 Å². The first-order valence-corrected chi connectivity index (χ1v) is 10.3. The highest BCUT2D eigenvalue weighted by Gasteiger charge is 2.41. The highest BCUT2D eigenvalue weighted by atomic mass is 16.5. The quantitative estimate of drug-likeness (QED) is 0.701. The van der Waals surface area contributed by atoms with E-state index in [1.165, 1.54) is 0 Å². The zero-order chi connectivity index (χ0) is 21.5. The highest BCUT2D eigenvalue weighted by molar-refractivity contribution is 6.06. The second-order valence-corrected chi connectivity index (χ2v) is 8.66. The topological polar surface area (TPSA) is 93.1 Å². The molecule has 29 heavy (non-hydrogen) atoms. The maximum atomic E-state index is 13.1. The number of Topliss-reactive ketones (excluding diaryl/α,β-unsaturated/α-hetero) is 1. The molecule has 2 aliphatic rings. The number of aliphatic carboxylic acids is 1. The molecule has 3 rings (SSSR count). The van der Waals surface area contributed by atoms with Crippen molar-refractivity contribution in [2.24, 2.45) is 5.92 Å². The van der Waals surface area contributed by atoms with Gasteiger partial charge in [-0.15, -0.1) is 0 Å². The molecule has 0 saturated heterocycles. The third kappa shape index (κ3) is 3.85. The van der Waals surface area contributed by atoms with Gasteiger partial charge in [-0.25, -0.2) is 0 Å². The van der Waals surface area contributed by atoms with Crippen LogP contribution in [0.15, 0.2) is 6.08 Å². The largest absolute Gasteiger partial charge is 0.507 e. The van der Waals surface area contributed by atoms with Crippen LogP contribution in [0.5, 0.6) is 17.2 Å². The van der Waals surface area contributed by atoms with Crippen LogP contribution >= 0.6 is 0 Å². The smallest absolute Gasteiger partial charge is 0.303 e. The summed E-state index contributed by atoms with van der Waals surface area (Å²) in [4.78, 5) is 24.6. The number of benzene rings is 1. The van der Waals surface area contributed by atoms with Crippen molar-refractivity contribution in [3.8, 4) is 17.2 Å². The molecule has 3 atom stereocenters. The summed E-state index contributed by atoms with van der Waals surface area (Å²) in [6.45, 7) is 9.41. The molecule has 2 aliphatic heterocycles. The van der Waals surface area contributed by atoms with Crippen LogP contribution in [-0.4, -0.2) is 33.7 Å². The Bertz CT molecular complexity index is 867. The van der Waals surface area contributed by atoms with E-state index >= 15 is 0 Å². The molecule has 158 valence electrons. The third-order valence-corrected chi connectivity index (χ3v) is 5.87. The van der Waals surface area contributed by atoms with Crippen molar-refractivity contribution in [1.82, 2.24) is 0 Å². The standard InChI is InChI=1S/C23H30O6/c1-6-7-8-14(11-16(24)25)17-20(27)18-19(26)12(2)13(3)28-21(18)15-9-10-23(4,5)29-22(15)17/h9-10,12-14,27H,6-8,11H2,1-5H3,(H,24,25). The van der Waals surface area contributed by atoms with Crippen LogP contribution in [0.3, 0.4) is 0 Å². The number of aromatic hydroxyl groups is 1. The monoisotopic (exact) mass is 402 g/mol. The van der Waals surface area contributed by atoms with Crippen LogP contribution in [-0.2, 0) is 4.79 Å². The van der Waals surface area contributed by atoms with Crippen molar-refractivity contribution < 1.29 is 29.3 Å². The van der Waals surface area contributed by atoms with Crippen molar-refractivity contribution in [2.75, 3.05) is 0 Å². The number of rotatable bonds is 6. The third-order valence-electron chi connectivity index (χ3n) is 5.87. The molecule has 0 bridgehead atoms. The van der Waals surface area contributed by atoms with Crippen LogP contribution in [0.25, 0.3) is 6.08 Å². The lowest BCUT2D eigenvalue weighted by Crippen LogP contribution is -2.35. The van der Waals surface area contributed by atoms with Gasteiger partial charge in [-0.2, -0.15) is 0 Å². The molecule has 1 aromatic rings. The normalized spacial score (nSPS) is 22.9. The Morgan fingerprint density at radius 3 is 2.59 bits per heavy atom. The summed E-state index contributed by atoms with van der Waals surface area (Å²) in [7, 11) is 0.